The van der Waals surface area contributed by atoms with Crippen LogP contribution < -0.4 is 4.74 Å². The lowest BCUT2D eigenvalue weighted by Crippen LogP contribution is -2.14. The van der Waals surface area contributed by atoms with Crippen molar-refractivity contribution in [1.82, 2.24) is 0 Å². The van der Waals surface area contributed by atoms with Gasteiger partial charge in [0.1, 0.15) is 5.75 Å². The van der Waals surface area contributed by atoms with Crippen LogP contribution in [0.3, 0.4) is 0 Å². The molecule has 1 nitrogen and oxygen atoms in total. The summed E-state index contributed by atoms with van der Waals surface area (Å²) in [6.07, 6.45) is 9.67. The molecule has 1 heteroatoms. The second kappa shape index (κ2) is 7.49. The van der Waals surface area contributed by atoms with E-state index in [0.717, 1.165) is 11.7 Å². The average molecular weight is 284 g/mol. The van der Waals surface area contributed by atoms with Crippen molar-refractivity contribution >= 4 is 0 Å². The molecule has 1 aliphatic rings. The van der Waals surface area contributed by atoms with Crippen LogP contribution in [0.15, 0.2) is 47.6 Å². The number of hydrogen-bond acceptors (Lipinski definition) is 1. The third kappa shape index (κ3) is 4.49. The van der Waals surface area contributed by atoms with Gasteiger partial charge in [-0.15, -0.1) is 0 Å². The van der Waals surface area contributed by atoms with Crippen molar-refractivity contribution in [2.45, 2.75) is 52.4 Å². The number of allylic oxidation sites excluding steroid dienone is 4. The molecule has 2 atom stereocenters. The van der Waals surface area contributed by atoms with E-state index in [2.05, 4.69) is 57.2 Å². The molecule has 1 aromatic carbocycles. The lowest BCUT2D eigenvalue weighted by molar-refractivity contribution is 0.411. The Hall–Kier alpha value is -1.50. The smallest absolute Gasteiger partial charge is 0.118 e. The predicted octanol–water partition coefficient (Wildman–Crippen LogP) is 5.88. The highest BCUT2D eigenvalue weighted by Gasteiger charge is 2.23. The van der Waals surface area contributed by atoms with Gasteiger partial charge in [0.15, 0.2) is 0 Å². The number of hydrogen-bond donors (Lipinski definition) is 0. The van der Waals surface area contributed by atoms with Crippen molar-refractivity contribution < 1.29 is 4.74 Å². The Balaban J connectivity index is 1.98. The van der Waals surface area contributed by atoms with Gasteiger partial charge in [-0.25, -0.2) is 0 Å². The highest BCUT2D eigenvalue weighted by Crippen LogP contribution is 2.38. The van der Waals surface area contributed by atoms with E-state index in [4.69, 9.17) is 4.74 Å². The zero-order valence-electron chi connectivity index (χ0n) is 13.9. The SMILES string of the molecule is COc1ccc(C2CC=C(CCC=C(C)C)CC2C)cc1. The number of rotatable bonds is 5. The van der Waals surface area contributed by atoms with E-state index in [1.807, 2.05) is 0 Å². The fourth-order valence-electron chi connectivity index (χ4n) is 3.23. The molecule has 0 aromatic heterocycles. The number of ether oxygens (including phenoxy) is 1. The highest BCUT2D eigenvalue weighted by atomic mass is 16.5. The fraction of sp³-hybridized carbons (Fsp3) is 0.500. The summed E-state index contributed by atoms with van der Waals surface area (Å²) in [5, 5.41) is 0. The molecular weight excluding hydrogens is 256 g/mol. The Morgan fingerprint density at radius 2 is 1.95 bits per heavy atom. The molecule has 0 saturated heterocycles. The number of benzene rings is 1. The lowest BCUT2D eigenvalue weighted by atomic mass is 9.76. The van der Waals surface area contributed by atoms with Crippen LogP contribution in [-0.4, -0.2) is 7.11 Å². The summed E-state index contributed by atoms with van der Waals surface area (Å²) in [5.41, 5.74) is 4.52. The van der Waals surface area contributed by atoms with E-state index in [-0.39, 0.29) is 0 Å². The second-order valence-electron chi connectivity index (χ2n) is 6.48. The maximum absolute atomic E-state index is 5.25. The molecule has 0 radical (unpaired) electrons. The lowest BCUT2D eigenvalue weighted by Gasteiger charge is -2.29. The van der Waals surface area contributed by atoms with Crippen molar-refractivity contribution in [2.24, 2.45) is 5.92 Å². The standard InChI is InChI=1S/C20H28O/c1-15(2)6-5-7-17-8-13-20(16(3)14-17)18-9-11-19(21-4)12-10-18/h6,8-12,16,20H,5,7,13-14H2,1-4H3. The van der Waals surface area contributed by atoms with Crippen molar-refractivity contribution in [3.63, 3.8) is 0 Å². The van der Waals surface area contributed by atoms with Crippen LogP contribution >= 0.6 is 0 Å². The highest BCUT2D eigenvalue weighted by molar-refractivity contribution is 5.31. The van der Waals surface area contributed by atoms with E-state index < -0.39 is 0 Å². The van der Waals surface area contributed by atoms with Crippen LogP contribution in [0, 0.1) is 5.92 Å². The Morgan fingerprint density at radius 3 is 2.52 bits per heavy atom. The quantitative estimate of drug-likeness (QED) is 0.613. The molecule has 1 aliphatic carbocycles. The minimum Gasteiger partial charge on any atom is -0.497 e. The van der Waals surface area contributed by atoms with Gasteiger partial charge in [0.2, 0.25) is 0 Å². The van der Waals surface area contributed by atoms with Gasteiger partial charge in [-0.05, 0) is 69.1 Å². The van der Waals surface area contributed by atoms with Crippen LogP contribution in [0.4, 0.5) is 0 Å². The third-order valence-electron chi connectivity index (χ3n) is 4.49. The van der Waals surface area contributed by atoms with Gasteiger partial charge in [0, 0.05) is 0 Å². The second-order valence-corrected chi connectivity index (χ2v) is 6.48. The fourth-order valence-corrected chi connectivity index (χ4v) is 3.23. The van der Waals surface area contributed by atoms with Crippen LogP contribution in [0.5, 0.6) is 5.75 Å². The van der Waals surface area contributed by atoms with Crippen LogP contribution in [0.1, 0.15) is 57.9 Å². The summed E-state index contributed by atoms with van der Waals surface area (Å²) in [4.78, 5) is 0. The topological polar surface area (TPSA) is 9.23 Å². The van der Waals surface area contributed by atoms with Crippen molar-refractivity contribution in [2.75, 3.05) is 7.11 Å². The molecule has 114 valence electrons. The van der Waals surface area contributed by atoms with E-state index >= 15 is 0 Å². The Kier molecular flexibility index (Phi) is 5.67. The van der Waals surface area contributed by atoms with Gasteiger partial charge in [-0.3, -0.25) is 0 Å². The molecule has 0 saturated carbocycles. The predicted molar refractivity (Wildman–Crippen MR) is 90.9 cm³/mol. The summed E-state index contributed by atoms with van der Waals surface area (Å²) in [5.74, 6) is 2.33. The molecule has 21 heavy (non-hydrogen) atoms. The first-order chi connectivity index (χ1) is 10.1. The van der Waals surface area contributed by atoms with Gasteiger partial charge in [0.05, 0.1) is 7.11 Å². The monoisotopic (exact) mass is 284 g/mol. The molecule has 1 aromatic rings. The Morgan fingerprint density at radius 1 is 1.24 bits per heavy atom. The maximum Gasteiger partial charge on any atom is 0.118 e. The van der Waals surface area contributed by atoms with E-state index in [9.17, 15) is 0 Å². The summed E-state index contributed by atoms with van der Waals surface area (Å²) in [6.45, 7) is 6.75. The Bertz CT molecular complexity index is 503. The van der Waals surface area contributed by atoms with Crippen LogP contribution in [-0.2, 0) is 0 Å². The molecule has 0 heterocycles. The molecule has 0 aliphatic heterocycles. The molecule has 0 fully saturated rings. The zero-order chi connectivity index (χ0) is 15.2. The molecule has 2 unspecified atom stereocenters. The molecule has 0 bridgehead atoms. The van der Waals surface area contributed by atoms with Crippen molar-refractivity contribution in [1.29, 1.82) is 0 Å². The van der Waals surface area contributed by atoms with E-state index in [1.165, 1.54) is 36.8 Å². The summed E-state index contributed by atoms with van der Waals surface area (Å²) < 4.78 is 5.25. The first kappa shape index (κ1) is 15.9. The molecular formula is C20H28O. The summed E-state index contributed by atoms with van der Waals surface area (Å²) in [7, 11) is 1.72. The maximum atomic E-state index is 5.25. The van der Waals surface area contributed by atoms with Crippen LogP contribution in [0.2, 0.25) is 0 Å². The average Bonchev–Trinajstić information content (AvgIpc) is 2.47. The summed E-state index contributed by atoms with van der Waals surface area (Å²) >= 11 is 0. The van der Waals surface area contributed by atoms with Gasteiger partial charge in [-0.1, -0.05) is 42.4 Å². The molecule has 0 spiro atoms. The van der Waals surface area contributed by atoms with Crippen molar-refractivity contribution in [3.8, 4) is 5.75 Å². The van der Waals surface area contributed by atoms with Gasteiger partial charge < -0.3 is 4.74 Å². The molecule has 0 amide bonds. The van der Waals surface area contributed by atoms with Gasteiger partial charge in [-0.2, -0.15) is 0 Å². The largest absolute Gasteiger partial charge is 0.497 e. The minimum atomic E-state index is 0.656. The molecule has 2 rings (SSSR count). The normalized spacial score (nSPS) is 21.6. The van der Waals surface area contributed by atoms with E-state index in [1.54, 1.807) is 12.7 Å². The van der Waals surface area contributed by atoms with Crippen molar-refractivity contribution in [3.05, 3.63) is 53.1 Å². The van der Waals surface area contributed by atoms with Crippen LogP contribution in [0.25, 0.3) is 0 Å². The minimum absolute atomic E-state index is 0.656. The van der Waals surface area contributed by atoms with Gasteiger partial charge >= 0.3 is 0 Å². The number of methoxy groups -OCH3 is 1. The van der Waals surface area contributed by atoms with E-state index in [0.29, 0.717) is 5.92 Å². The third-order valence-corrected chi connectivity index (χ3v) is 4.49. The first-order valence-corrected chi connectivity index (χ1v) is 8.05. The first-order valence-electron chi connectivity index (χ1n) is 8.05. The molecule has 0 N–H and O–H groups in total. The van der Waals surface area contributed by atoms with Gasteiger partial charge in [0.25, 0.3) is 0 Å². The summed E-state index contributed by atoms with van der Waals surface area (Å²) in [6, 6.07) is 8.61. The Labute approximate surface area is 129 Å². The zero-order valence-corrected chi connectivity index (χ0v) is 13.9.